The zero-order valence-corrected chi connectivity index (χ0v) is 22.4. The number of fused-ring (bicyclic) bond motifs is 1. The Labute approximate surface area is 233 Å². The van der Waals surface area contributed by atoms with Crippen LogP contribution in [-0.4, -0.2) is 68.8 Å². The summed E-state index contributed by atoms with van der Waals surface area (Å²) < 4.78 is 4.92. The Kier molecular flexibility index (Phi) is 6.46. The maximum absolute atomic E-state index is 13.9. The number of aryl methyl sites for hydroxylation is 1. The first-order valence-electron chi connectivity index (χ1n) is 13.1. The number of carbonyl (C=O) groups is 2. The quantitative estimate of drug-likeness (QED) is 0.310. The van der Waals surface area contributed by atoms with Crippen molar-refractivity contribution in [3.8, 4) is 16.9 Å². The molecule has 0 spiro atoms. The standard InChI is InChI=1S/C29H27N7O5/c1-17-12-18(27(37)38)5-7-21(17)22-8-6-19(13-31-22)35-23-4-3-10-30-26(23)36(29(35)41)20-9-11-34(15-20)16-25-32-14-24(28(39)40)33(25)2/h3-8,10,12-14,20H,9,11,15-16H2,1-2H3,(H,37,38)(H,39,40)/t20-/m0/s1. The molecule has 41 heavy (non-hydrogen) atoms. The first kappa shape index (κ1) is 26.1. The Hall–Kier alpha value is -5.10. The van der Waals surface area contributed by atoms with Crippen LogP contribution in [0.5, 0.6) is 0 Å². The molecule has 0 saturated carbocycles. The van der Waals surface area contributed by atoms with Gasteiger partial charge in [0.2, 0.25) is 0 Å². The number of carboxylic acids is 2. The molecule has 1 fully saturated rings. The van der Waals surface area contributed by atoms with Crippen LogP contribution < -0.4 is 5.69 Å². The molecule has 0 radical (unpaired) electrons. The third kappa shape index (κ3) is 4.57. The Bertz CT molecular complexity index is 1870. The van der Waals surface area contributed by atoms with Crippen molar-refractivity contribution >= 4 is 23.1 Å². The highest BCUT2D eigenvalue weighted by Gasteiger charge is 2.30. The van der Waals surface area contributed by atoms with Gasteiger partial charge in [0.05, 0.1) is 47.4 Å². The summed E-state index contributed by atoms with van der Waals surface area (Å²) in [5.74, 6) is -1.36. The summed E-state index contributed by atoms with van der Waals surface area (Å²) in [4.78, 5) is 52.2. The van der Waals surface area contributed by atoms with Gasteiger partial charge in [-0.3, -0.25) is 19.0 Å². The van der Waals surface area contributed by atoms with E-state index in [0.29, 0.717) is 41.5 Å². The van der Waals surface area contributed by atoms with Gasteiger partial charge in [0, 0.05) is 31.9 Å². The van der Waals surface area contributed by atoms with Crippen molar-refractivity contribution in [1.29, 1.82) is 0 Å². The number of likely N-dealkylation sites (tertiary alicyclic amines) is 1. The lowest BCUT2D eigenvalue weighted by Gasteiger charge is -2.16. The highest BCUT2D eigenvalue weighted by Crippen LogP contribution is 2.28. The van der Waals surface area contributed by atoms with E-state index in [1.165, 1.54) is 6.20 Å². The van der Waals surface area contributed by atoms with E-state index >= 15 is 0 Å². The maximum Gasteiger partial charge on any atom is 0.354 e. The van der Waals surface area contributed by atoms with E-state index in [-0.39, 0.29) is 23.0 Å². The summed E-state index contributed by atoms with van der Waals surface area (Å²) in [6.45, 7) is 3.63. The van der Waals surface area contributed by atoms with Crippen molar-refractivity contribution in [3.63, 3.8) is 0 Å². The van der Waals surface area contributed by atoms with E-state index in [1.807, 2.05) is 25.1 Å². The van der Waals surface area contributed by atoms with Crippen LogP contribution in [-0.2, 0) is 13.6 Å². The van der Waals surface area contributed by atoms with Gasteiger partial charge in [-0.15, -0.1) is 0 Å². The minimum atomic E-state index is -1.02. The minimum Gasteiger partial charge on any atom is -0.478 e. The molecule has 0 bridgehead atoms. The second-order valence-electron chi connectivity index (χ2n) is 10.2. The molecule has 1 saturated heterocycles. The predicted octanol–water partition coefficient (Wildman–Crippen LogP) is 3.13. The number of aromatic nitrogens is 6. The zero-order valence-electron chi connectivity index (χ0n) is 22.4. The normalized spacial score (nSPS) is 15.5. The van der Waals surface area contributed by atoms with Crippen LogP contribution in [0.3, 0.4) is 0 Å². The molecular weight excluding hydrogens is 526 g/mol. The molecule has 6 rings (SSSR count). The van der Waals surface area contributed by atoms with Crippen molar-refractivity contribution in [2.75, 3.05) is 13.1 Å². The monoisotopic (exact) mass is 553 g/mol. The van der Waals surface area contributed by atoms with Crippen LogP contribution in [0.1, 0.15) is 44.7 Å². The van der Waals surface area contributed by atoms with Gasteiger partial charge in [-0.25, -0.2) is 24.4 Å². The summed E-state index contributed by atoms with van der Waals surface area (Å²) in [7, 11) is 1.69. The number of aromatic carboxylic acids is 2. The Morgan fingerprint density at radius 3 is 2.54 bits per heavy atom. The second-order valence-corrected chi connectivity index (χ2v) is 10.2. The molecule has 0 aliphatic carbocycles. The molecule has 0 unspecified atom stereocenters. The molecule has 1 aliphatic rings. The smallest absolute Gasteiger partial charge is 0.354 e. The molecule has 208 valence electrons. The number of benzene rings is 1. The van der Waals surface area contributed by atoms with Crippen molar-refractivity contribution in [2.45, 2.75) is 25.9 Å². The lowest BCUT2D eigenvalue weighted by atomic mass is 10.0. The Morgan fingerprint density at radius 1 is 1.02 bits per heavy atom. The third-order valence-electron chi connectivity index (χ3n) is 7.67. The molecular formula is C29H27N7O5. The fourth-order valence-corrected chi connectivity index (χ4v) is 5.55. The number of pyridine rings is 2. The maximum atomic E-state index is 13.9. The van der Waals surface area contributed by atoms with Gasteiger partial charge >= 0.3 is 17.6 Å². The van der Waals surface area contributed by atoms with E-state index in [4.69, 9.17) is 0 Å². The summed E-state index contributed by atoms with van der Waals surface area (Å²) in [5.41, 5.74) is 4.25. The molecule has 1 aromatic carbocycles. The number of nitrogens with zero attached hydrogens (tertiary/aromatic N) is 7. The van der Waals surface area contributed by atoms with Crippen LogP contribution in [0, 0.1) is 6.92 Å². The largest absolute Gasteiger partial charge is 0.478 e. The van der Waals surface area contributed by atoms with Gasteiger partial charge in [0.1, 0.15) is 11.5 Å². The first-order chi connectivity index (χ1) is 19.7. The fraction of sp³-hybridized carbons (Fsp3) is 0.241. The van der Waals surface area contributed by atoms with Gasteiger partial charge in [-0.05, 0) is 55.3 Å². The first-order valence-corrected chi connectivity index (χ1v) is 13.1. The number of carboxylic acid groups (broad SMARTS) is 2. The van der Waals surface area contributed by atoms with Gasteiger partial charge in [-0.2, -0.15) is 0 Å². The van der Waals surface area contributed by atoms with Crippen molar-refractivity contribution in [2.24, 2.45) is 7.05 Å². The number of rotatable bonds is 7. The average Bonchev–Trinajstić information content (AvgIpc) is 3.64. The van der Waals surface area contributed by atoms with Crippen molar-refractivity contribution in [3.05, 3.63) is 94.2 Å². The molecule has 5 aromatic rings. The van der Waals surface area contributed by atoms with Crippen LogP contribution >= 0.6 is 0 Å². The highest BCUT2D eigenvalue weighted by molar-refractivity contribution is 5.89. The molecule has 2 N–H and O–H groups in total. The van der Waals surface area contributed by atoms with E-state index < -0.39 is 11.9 Å². The molecule has 5 heterocycles. The van der Waals surface area contributed by atoms with Crippen LogP contribution in [0.15, 0.2) is 65.8 Å². The van der Waals surface area contributed by atoms with Gasteiger partial charge in [0.15, 0.2) is 5.65 Å². The predicted molar refractivity (Wildman–Crippen MR) is 149 cm³/mol. The summed E-state index contributed by atoms with van der Waals surface area (Å²) in [5, 5.41) is 18.6. The molecule has 1 aliphatic heterocycles. The topological polar surface area (TPSA) is 148 Å². The van der Waals surface area contributed by atoms with Gasteiger partial charge in [0.25, 0.3) is 0 Å². The number of hydrogen-bond acceptors (Lipinski definition) is 7. The average molecular weight is 554 g/mol. The molecule has 0 amide bonds. The lowest BCUT2D eigenvalue weighted by Crippen LogP contribution is -2.29. The second kappa shape index (κ2) is 10.1. The summed E-state index contributed by atoms with van der Waals surface area (Å²) in [6, 6.07) is 12.1. The third-order valence-corrected chi connectivity index (χ3v) is 7.67. The van der Waals surface area contributed by atoms with E-state index in [2.05, 4.69) is 19.9 Å². The number of imidazole rings is 2. The fourth-order valence-electron chi connectivity index (χ4n) is 5.55. The molecule has 1 atom stereocenters. The van der Waals surface area contributed by atoms with E-state index in [0.717, 1.165) is 24.1 Å². The Balaban J connectivity index is 1.30. The van der Waals surface area contributed by atoms with Crippen molar-refractivity contribution in [1.82, 2.24) is 33.6 Å². The van der Waals surface area contributed by atoms with Crippen molar-refractivity contribution < 1.29 is 19.8 Å². The van der Waals surface area contributed by atoms with Gasteiger partial charge in [-0.1, -0.05) is 6.07 Å². The molecule has 4 aromatic heterocycles. The van der Waals surface area contributed by atoms with Crippen LogP contribution in [0.4, 0.5) is 0 Å². The summed E-state index contributed by atoms with van der Waals surface area (Å²) >= 11 is 0. The van der Waals surface area contributed by atoms with Crippen LogP contribution in [0.25, 0.3) is 28.1 Å². The molecule has 12 nitrogen and oxygen atoms in total. The molecule has 12 heteroatoms. The highest BCUT2D eigenvalue weighted by atomic mass is 16.4. The lowest BCUT2D eigenvalue weighted by molar-refractivity contribution is 0.0679. The SMILES string of the molecule is Cc1cc(C(=O)O)ccc1-c1ccc(-n2c(=O)n([C@H]3CCN(Cc4ncc(C(=O)O)n4C)C3)c3ncccc32)cn1. The zero-order chi connectivity index (χ0) is 28.8. The van der Waals surface area contributed by atoms with Crippen LogP contribution in [0.2, 0.25) is 0 Å². The Morgan fingerprint density at radius 2 is 1.85 bits per heavy atom. The summed E-state index contributed by atoms with van der Waals surface area (Å²) in [6.07, 6.45) is 5.40. The van der Waals surface area contributed by atoms with E-state index in [9.17, 15) is 24.6 Å². The number of hydrogen-bond donors (Lipinski definition) is 2. The minimum absolute atomic E-state index is 0.122. The van der Waals surface area contributed by atoms with E-state index in [1.54, 1.807) is 57.4 Å². The van der Waals surface area contributed by atoms with Gasteiger partial charge < -0.3 is 14.8 Å².